The topological polar surface area (TPSA) is 38.3 Å². The molecule has 0 radical (unpaired) electrons. The average molecular weight is 329 g/mol. The fourth-order valence-electron chi connectivity index (χ4n) is 2.11. The van der Waals surface area contributed by atoms with Gasteiger partial charge in [0.05, 0.1) is 12.4 Å². The highest BCUT2D eigenvalue weighted by atomic mass is 32.2. The number of anilines is 1. The molecule has 0 bridgehead atoms. The minimum atomic E-state index is -0.173. The number of rotatable bonds is 6. The number of methoxy groups -OCH3 is 1. The Hall–Kier alpha value is -1.94. The van der Waals surface area contributed by atoms with Crippen LogP contribution in [0.2, 0.25) is 0 Å². The lowest BCUT2D eigenvalue weighted by atomic mass is 10.0. The molecule has 0 fully saturated rings. The van der Waals surface area contributed by atoms with Crippen LogP contribution in [0.5, 0.6) is 5.75 Å². The summed E-state index contributed by atoms with van der Waals surface area (Å²) in [5, 5.41) is 2.79. The summed E-state index contributed by atoms with van der Waals surface area (Å²) in [7, 11) is 1.64. The van der Waals surface area contributed by atoms with Gasteiger partial charge < -0.3 is 10.1 Å². The number of hydrogen-bond donors (Lipinski definition) is 1. The molecule has 0 aromatic heterocycles. The maximum Gasteiger partial charge on any atom is 0.237 e. The predicted octanol–water partition coefficient (Wildman–Crippen LogP) is 4.94. The normalized spacial score (nSPS) is 12.0. The van der Waals surface area contributed by atoms with Gasteiger partial charge in [0.25, 0.3) is 0 Å². The summed E-state index contributed by atoms with van der Waals surface area (Å²) < 4.78 is 5.14. The van der Waals surface area contributed by atoms with Crippen molar-refractivity contribution in [3.05, 3.63) is 54.1 Å². The van der Waals surface area contributed by atoms with Gasteiger partial charge in [-0.25, -0.2) is 0 Å². The predicted molar refractivity (Wildman–Crippen MR) is 97.5 cm³/mol. The smallest absolute Gasteiger partial charge is 0.237 e. The summed E-state index contributed by atoms with van der Waals surface area (Å²) in [6.45, 7) is 6.22. The Bertz CT molecular complexity index is 635. The van der Waals surface area contributed by atoms with E-state index in [1.807, 2.05) is 43.3 Å². The average Bonchev–Trinajstić information content (AvgIpc) is 2.56. The fourth-order valence-corrected chi connectivity index (χ4v) is 2.97. The van der Waals surface area contributed by atoms with Gasteiger partial charge in [0.15, 0.2) is 0 Å². The highest BCUT2D eigenvalue weighted by molar-refractivity contribution is 8.00. The summed E-state index contributed by atoms with van der Waals surface area (Å²) in [4.78, 5) is 13.3. The molecule has 0 saturated carbocycles. The van der Waals surface area contributed by atoms with Crippen molar-refractivity contribution in [3.63, 3.8) is 0 Å². The second-order valence-electron chi connectivity index (χ2n) is 5.70. The standard InChI is InChI=1S/C19H23NO2S/c1-13(2)15-5-7-16(8-6-15)20-19(21)14(3)23-18-11-9-17(22-4)10-12-18/h5-14H,1-4H3,(H,20,21)/t14-/m1/s1. The quantitative estimate of drug-likeness (QED) is 0.763. The molecule has 1 N–H and O–H groups in total. The third-order valence-electron chi connectivity index (χ3n) is 3.59. The molecule has 0 saturated heterocycles. The largest absolute Gasteiger partial charge is 0.497 e. The number of amides is 1. The molecule has 2 rings (SSSR count). The Morgan fingerprint density at radius 2 is 1.61 bits per heavy atom. The molecule has 0 aliphatic heterocycles. The van der Waals surface area contributed by atoms with Crippen molar-refractivity contribution >= 4 is 23.4 Å². The van der Waals surface area contributed by atoms with Gasteiger partial charge in [-0.15, -0.1) is 11.8 Å². The van der Waals surface area contributed by atoms with Crippen molar-refractivity contribution in [3.8, 4) is 5.75 Å². The maximum atomic E-state index is 12.3. The van der Waals surface area contributed by atoms with Crippen LogP contribution in [0.3, 0.4) is 0 Å². The van der Waals surface area contributed by atoms with E-state index >= 15 is 0 Å². The number of hydrogen-bond acceptors (Lipinski definition) is 3. The molecule has 0 unspecified atom stereocenters. The minimum absolute atomic E-state index is 0.00288. The zero-order valence-corrected chi connectivity index (χ0v) is 14.8. The van der Waals surface area contributed by atoms with Gasteiger partial charge in [0.2, 0.25) is 5.91 Å². The molecule has 0 heterocycles. The first-order valence-electron chi connectivity index (χ1n) is 7.71. The number of carbonyl (C=O) groups is 1. The van der Waals surface area contributed by atoms with E-state index in [1.54, 1.807) is 7.11 Å². The van der Waals surface area contributed by atoms with Crippen molar-refractivity contribution in [1.82, 2.24) is 0 Å². The Balaban J connectivity index is 1.93. The molecule has 1 atom stereocenters. The Morgan fingerprint density at radius 1 is 1.00 bits per heavy atom. The van der Waals surface area contributed by atoms with Gasteiger partial charge in [-0.05, 0) is 54.8 Å². The summed E-state index contributed by atoms with van der Waals surface area (Å²) in [6, 6.07) is 15.8. The third kappa shape index (κ3) is 5.03. The number of ether oxygens (including phenoxy) is 1. The van der Waals surface area contributed by atoms with E-state index in [0.29, 0.717) is 5.92 Å². The van der Waals surface area contributed by atoms with Crippen LogP contribution in [0.15, 0.2) is 53.4 Å². The van der Waals surface area contributed by atoms with Crippen molar-refractivity contribution in [2.45, 2.75) is 36.8 Å². The van der Waals surface area contributed by atoms with E-state index in [9.17, 15) is 4.79 Å². The van der Waals surface area contributed by atoms with Gasteiger partial charge in [-0.3, -0.25) is 4.79 Å². The summed E-state index contributed by atoms with van der Waals surface area (Å²) in [6.07, 6.45) is 0. The number of nitrogens with one attached hydrogen (secondary N) is 1. The highest BCUT2D eigenvalue weighted by Crippen LogP contribution is 2.26. The maximum absolute atomic E-state index is 12.3. The Kier molecular flexibility index (Phi) is 6.11. The van der Waals surface area contributed by atoms with Crippen LogP contribution in [-0.4, -0.2) is 18.3 Å². The van der Waals surface area contributed by atoms with Crippen molar-refractivity contribution < 1.29 is 9.53 Å². The molecule has 23 heavy (non-hydrogen) atoms. The lowest BCUT2D eigenvalue weighted by molar-refractivity contribution is -0.115. The van der Waals surface area contributed by atoms with E-state index in [4.69, 9.17) is 4.74 Å². The van der Waals surface area contributed by atoms with Gasteiger partial charge in [0, 0.05) is 10.6 Å². The second-order valence-corrected chi connectivity index (χ2v) is 7.12. The van der Waals surface area contributed by atoms with Gasteiger partial charge >= 0.3 is 0 Å². The third-order valence-corrected chi connectivity index (χ3v) is 4.70. The Morgan fingerprint density at radius 3 is 2.13 bits per heavy atom. The van der Waals surface area contributed by atoms with Crippen LogP contribution in [0.25, 0.3) is 0 Å². The second kappa shape index (κ2) is 8.06. The first-order chi connectivity index (χ1) is 11.0. The monoisotopic (exact) mass is 329 g/mol. The van der Waals surface area contributed by atoms with E-state index in [-0.39, 0.29) is 11.2 Å². The molecule has 4 heteroatoms. The zero-order chi connectivity index (χ0) is 16.8. The number of carbonyl (C=O) groups excluding carboxylic acids is 1. The lowest BCUT2D eigenvalue weighted by Gasteiger charge is -2.13. The van der Waals surface area contributed by atoms with E-state index in [2.05, 4.69) is 31.3 Å². The van der Waals surface area contributed by atoms with E-state index < -0.39 is 0 Å². The number of benzene rings is 2. The molecule has 0 spiro atoms. The lowest BCUT2D eigenvalue weighted by Crippen LogP contribution is -2.22. The van der Waals surface area contributed by atoms with Gasteiger partial charge in [-0.1, -0.05) is 26.0 Å². The fraction of sp³-hybridized carbons (Fsp3) is 0.316. The zero-order valence-electron chi connectivity index (χ0n) is 14.0. The van der Waals surface area contributed by atoms with Crippen LogP contribution in [0.1, 0.15) is 32.3 Å². The van der Waals surface area contributed by atoms with Crippen LogP contribution < -0.4 is 10.1 Å². The SMILES string of the molecule is COc1ccc(S[C@H](C)C(=O)Nc2ccc(C(C)C)cc2)cc1. The van der Waals surface area contributed by atoms with Gasteiger partial charge in [-0.2, -0.15) is 0 Å². The first kappa shape index (κ1) is 17.4. The molecule has 2 aromatic carbocycles. The van der Waals surface area contributed by atoms with Crippen molar-refractivity contribution in [1.29, 1.82) is 0 Å². The molecule has 122 valence electrons. The van der Waals surface area contributed by atoms with Crippen LogP contribution in [-0.2, 0) is 4.79 Å². The summed E-state index contributed by atoms with van der Waals surface area (Å²) in [5.74, 6) is 1.31. The van der Waals surface area contributed by atoms with Gasteiger partial charge in [0.1, 0.15) is 5.75 Å². The molecule has 0 aliphatic carbocycles. The van der Waals surface area contributed by atoms with Crippen molar-refractivity contribution in [2.75, 3.05) is 12.4 Å². The van der Waals surface area contributed by atoms with E-state index in [0.717, 1.165) is 16.3 Å². The Labute approximate surface area is 142 Å². The van der Waals surface area contributed by atoms with Crippen LogP contribution >= 0.6 is 11.8 Å². The molecule has 0 aliphatic rings. The minimum Gasteiger partial charge on any atom is -0.497 e. The first-order valence-corrected chi connectivity index (χ1v) is 8.59. The molecule has 1 amide bonds. The van der Waals surface area contributed by atoms with E-state index in [1.165, 1.54) is 17.3 Å². The summed E-state index contributed by atoms with van der Waals surface area (Å²) >= 11 is 1.53. The van der Waals surface area contributed by atoms with Crippen LogP contribution in [0, 0.1) is 0 Å². The molecule has 2 aromatic rings. The summed E-state index contributed by atoms with van der Waals surface area (Å²) in [5.41, 5.74) is 2.10. The molecular weight excluding hydrogens is 306 g/mol. The highest BCUT2D eigenvalue weighted by Gasteiger charge is 2.14. The molecular formula is C19H23NO2S. The number of thioether (sulfide) groups is 1. The van der Waals surface area contributed by atoms with Crippen molar-refractivity contribution in [2.24, 2.45) is 0 Å². The van der Waals surface area contributed by atoms with Crippen LogP contribution in [0.4, 0.5) is 5.69 Å². The molecule has 3 nitrogen and oxygen atoms in total.